The van der Waals surface area contributed by atoms with Gasteiger partial charge in [0.15, 0.2) is 0 Å². The van der Waals surface area contributed by atoms with Gasteiger partial charge in [0.1, 0.15) is 11.5 Å². The highest BCUT2D eigenvalue weighted by atomic mass is 16.5. The maximum atomic E-state index is 9.92. The van der Waals surface area contributed by atoms with Crippen LogP contribution in [0.1, 0.15) is 43.4 Å². The van der Waals surface area contributed by atoms with Gasteiger partial charge in [0.25, 0.3) is 0 Å². The number of aryl methyl sites for hydroxylation is 1. The van der Waals surface area contributed by atoms with E-state index in [4.69, 9.17) is 4.74 Å². The van der Waals surface area contributed by atoms with Gasteiger partial charge in [-0.3, -0.25) is 0 Å². The van der Waals surface area contributed by atoms with Crippen LogP contribution in [0.3, 0.4) is 0 Å². The van der Waals surface area contributed by atoms with Crippen molar-refractivity contribution in [2.24, 2.45) is 0 Å². The standard InChI is InChI=1S/C14H22O2/c1-5-7-8-16-13-9-12(6-2)14(15)11(4)10(13)3/h9,15H,5-8H2,1-4H3. The van der Waals surface area contributed by atoms with E-state index in [9.17, 15) is 5.11 Å². The molecular weight excluding hydrogens is 200 g/mol. The summed E-state index contributed by atoms with van der Waals surface area (Å²) in [5.74, 6) is 1.34. The second-order valence-electron chi connectivity index (χ2n) is 4.19. The van der Waals surface area contributed by atoms with Crippen molar-refractivity contribution in [3.05, 3.63) is 22.8 Å². The lowest BCUT2D eigenvalue weighted by molar-refractivity contribution is 0.306. The summed E-state index contributed by atoms with van der Waals surface area (Å²) in [6, 6.07) is 1.97. The normalized spacial score (nSPS) is 10.5. The monoisotopic (exact) mass is 222 g/mol. The van der Waals surface area contributed by atoms with Crippen molar-refractivity contribution in [2.75, 3.05) is 6.61 Å². The Balaban J connectivity index is 2.95. The number of ether oxygens (including phenoxy) is 1. The van der Waals surface area contributed by atoms with Crippen molar-refractivity contribution in [2.45, 2.75) is 47.0 Å². The van der Waals surface area contributed by atoms with Gasteiger partial charge in [-0.1, -0.05) is 20.3 Å². The highest BCUT2D eigenvalue weighted by molar-refractivity contribution is 5.51. The lowest BCUT2D eigenvalue weighted by Crippen LogP contribution is -2.01. The third kappa shape index (κ3) is 2.69. The predicted molar refractivity (Wildman–Crippen MR) is 67.4 cm³/mol. The average Bonchev–Trinajstić information content (AvgIpc) is 2.29. The second kappa shape index (κ2) is 5.78. The maximum Gasteiger partial charge on any atom is 0.123 e. The number of phenolic OH excluding ortho intramolecular Hbond substituents is 1. The van der Waals surface area contributed by atoms with Gasteiger partial charge in [-0.15, -0.1) is 0 Å². The van der Waals surface area contributed by atoms with E-state index in [1.165, 1.54) is 0 Å². The Kier molecular flexibility index (Phi) is 4.66. The van der Waals surface area contributed by atoms with E-state index < -0.39 is 0 Å². The molecule has 1 rings (SSSR count). The van der Waals surface area contributed by atoms with Gasteiger partial charge in [-0.25, -0.2) is 0 Å². The molecule has 0 aromatic heterocycles. The average molecular weight is 222 g/mol. The van der Waals surface area contributed by atoms with Crippen LogP contribution in [0.4, 0.5) is 0 Å². The van der Waals surface area contributed by atoms with Gasteiger partial charge < -0.3 is 9.84 Å². The molecule has 0 aliphatic rings. The molecule has 1 N–H and O–H groups in total. The maximum absolute atomic E-state index is 9.92. The van der Waals surface area contributed by atoms with Crippen LogP contribution in [0.25, 0.3) is 0 Å². The molecule has 0 bridgehead atoms. The highest BCUT2D eigenvalue weighted by Crippen LogP contribution is 2.32. The molecule has 2 heteroatoms. The molecule has 0 spiro atoms. The summed E-state index contributed by atoms with van der Waals surface area (Å²) >= 11 is 0. The number of rotatable bonds is 5. The minimum Gasteiger partial charge on any atom is -0.507 e. The van der Waals surface area contributed by atoms with Crippen LogP contribution in [0.15, 0.2) is 6.07 Å². The minimum absolute atomic E-state index is 0.419. The Labute approximate surface area is 98.3 Å². The fraction of sp³-hybridized carbons (Fsp3) is 0.571. The van der Waals surface area contributed by atoms with Gasteiger partial charge in [0.2, 0.25) is 0 Å². The summed E-state index contributed by atoms with van der Waals surface area (Å²) < 4.78 is 5.74. The van der Waals surface area contributed by atoms with Gasteiger partial charge >= 0.3 is 0 Å². The van der Waals surface area contributed by atoms with E-state index in [1.54, 1.807) is 0 Å². The molecule has 0 atom stereocenters. The van der Waals surface area contributed by atoms with Crippen molar-refractivity contribution in [3.63, 3.8) is 0 Å². The first-order valence-corrected chi connectivity index (χ1v) is 6.06. The predicted octanol–water partition coefficient (Wildman–Crippen LogP) is 3.75. The van der Waals surface area contributed by atoms with Gasteiger partial charge in [0, 0.05) is 0 Å². The number of aromatic hydroxyl groups is 1. The van der Waals surface area contributed by atoms with Crippen LogP contribution in [-0.2, 0) is 6.42 Å². The molecule has 90 valence electrons. The van der Waals surface area contributed by atoms with Crippen molar-refractivity contribution in [1.29, 1.82) is 0 Å². The zero-order valence-electron chi connectivity index (χ0n) is 10.8. The first-order valence-electron chi connectivity index (χ1n) is 6.06. The molecule has 0 unspecified atom stereocenters. The number of benzene rings is 1. The summed E-state index contributed by atoms with van der Waals surface area (Å²) in [5, 5.41) is 9.92. The largest absolute Gasteiger partial charge is 0.507 e. The van der Waals surface area contributed by atoms with Crippen LogP contribution < -0.4 is 4.74 Å². The van der Waals surface area contributed by atoms with E-state index in [-0.39, 0.29) is 0 Å². The van der Waals surface area contributed by atoms with E-state index in [1.807, 2.05) is 26.8 Å². The van der Waals surface area contributed by atoms with Crippen molar-refractivity contribution < 1.29 is 9.84 Å². The molecule has 16 heavy (non-hydrogen) atoms. The number of hydrogen-bond acceptors (Lipinski definition) is 2. The van der Waals surface area contributed by atoms with Crippen LogP contribution in [0.5, 0.6) is 11.5 Å². The number of unbranched alkanes of at least 4 members (excludes halogenated alkanes) is 1. The van der Waals surface area contributed by atoms with Crippen molar-refractivity contribution in [3.8, 4) is 11.5 Å². The molecule has 0 heterocycles. The van der Waals surface area contributed by atoms with Crippen LogP contribution in [-0.4, -0.2) is 11.7 Å². The van der Waals surface area contributed by atoms with Gasteiger partial charge in [0.05, 0.1) is 6.61 Å². The first-order chi connectivity index (χ1) is 7.61. The van der Waals surface area contributed by atoms with Crippen molar-refractivity contribution >= 4 is 0 Å². The molecular formula is C14H22O2. The highest BCUT2D eigenvalue weighted by Gasteiger charge is 2.11. The fourth-order valence-corrected chi connectivity index (χ4v) is 1.68. The van der Waals surface area contributed by atoms with Crippen LogP contribution >= 0.6 is 0 Å². The summed E-state index contributed by atoms with van der Waals surface area (Å²) in [4.78, 5) is 0. The summed E-state index contributed by atoms with van der Waals surface area (Å²) in [6.45, 7) is 8.88. The third-order valence-electron chi connectivity index (χ3n) is 3.03. The SMILES string of the molecule is CCCCOc1cc(CC)c(O)c(C)c1C. The van der Waals surface area contributed by atoms with Crippen molar-refractivity contribution in [1.82, 2.24) is 0 Å². The van der Waals surface area contributed by atoms with Gasteiger partial charge in [-0.2, -0.15) is 0 Å². The summed E-state index contributed by atoms with van der Waals surface area (Å²) in [7, 11) is 0. The van der Waals surface area contributed by atoms with Crippen LogP contribution in [0, 0.1) is 13.8 Å². The molecule has 2 nitrogen and oxygen atoms in total. The van der Waals surface area contributed by atoms with E-state index in [0.717, 1.165) is 48.3 Å². The lowest BCUT2D eigenvalue weighted by Gasteiger charge is -2.15. The number of phenols is 1. The van der Waals surface area contributed by atoms with Gasteiger partial charge in [-0.05, 0) is 49.4 Å². The molecule has 0 saturated heterocycles. The molecule has 0 saturated carbocycles. The van der Waals surface area contributed by atoms with E-state index >= 15 is 0 Å². The lowest BCUT2D eigenvalue weighted by atomic mass is 10.0. The molecule has 0 fully saturated rings. The topological polar surface area (TPSA) is 29.5 Å². The zero-order valence-corrected chi connectivity index (χ0v) is 10.8. The molecule has 0 aliphatic heterocycles. The second-order valence-corrected chi connectivity index (χ2v) is 4.19. The zero-order chi connectivity index (χ0) is 12.1. The molecule has 1 aromatic rings. The molecule has 0 aliphatic carbocycles. The Morgan fingerprint density at radius 1 is 1.19 bits per heavy atom. The number of hydrogen-bond donors (Lipinski definition) is 1. The third-order valence-corrected chi connectivity index (χ3v) is 3.03. The molecule has 0 radical (unpaired) electrons. The summed E-state index contributed by atoms with van der Waals surface area (Å²) in [6.07, 6.45) is 3.04. The molecule has 0 amide bonds. The Morgan fingerprint density at radius 3 is 2.44 bits per heavy atom. The smallest absolute Gasteiger partial charge is 0.123 e. The summed E-state index contributed by atoms with van der Waals surface area (Å²) in [5.41, 5.74) is 2.95. The van der Waals surface area contributed by atoms with E-state index in [0.29, 0.717) is 5.75 Å². The van der Waals surface area contributed by atoms with E-state index in [2.05, 4.69) is 6.92 Å². The Hall–Kier alpha value is -1.18. The quantitative estimate of drug-likeness (QED) is 0.769. The Morgan fingerprint density at radius 2 is 1.88 bits per heavy atom. The Bertz CT molecular complexity index is 356. The minimum atomic E-state index is 0.419. The van der Waals surface area contributed by atoms with Crippen LogP contribution in [0.2, 0.25) is 0 Å². The molecule has 1 aromatic carbocycles. The first kappa shape index (κ1) is 12.9. The fourth-order valence-electron chi connectivity index (χ4n) is 1.68.